The molecule has 1 fully saturated rings. The van der Waals surface area contributed by atoms with Gasteiger partial charge in [0.05, 0.1) is 6.54 Å². The Labute approximate surface area is 110 Å². The van der Waals surface area contributed by atoms with Crippen molar-refractivity contribution in [3.8, 4) is 0 Å². The first kappa shape index (κ1) is 15.4. The van der Waals surface area contributed by atoms with Crippen molar-refractivity contribution >= 4 is 5.97 Å². The Morgan fingerprint density at radius 3 is 2.72 bits per heavy atom. The Bertz CT molecular complexity index is 259. The van der Waals surface area contributed by atoms with Crippen molar-refractivity contribution in [1.29, 1.82) is 0 Å². The van der Waals surface area contributed by atoms with E-state index < -0.39 is 5.97 Å². The van der Waals surface area contributed by atoms with Crippen molar-refractivity contribution in [2.45, 2.75) is 25.3 Å². The molecule has 0 aromatic carbocycles. The summed E-state index contributed by atoms with van der Waals surface area (Å²) < 4.78 is 0. The lowest BCUT2D eigenvalue weighted by Gasteiger charge is -2.37. The quantitative estimate of drug-likeness (QED) is 0.716. The summed E-state index contributed by atoms with van der Waals surface area (Å²) in [5.41, 5.74) is 0. The molecule has 0 radical (unpaired) electrons. The van der Waals surface area contributed by atoms with Crippen molar-refractivity contribution in [2.24, 2.45) is 0 Å². The number of aliphatic carboxylic acids is 1. The highest BCUT2D eigenvalue weighted by Gasteiger charge is 2.23. The number of piperidine rings is 1. The van der Waals surface area contributed by atoms with Crippen LogP contribution in [0.4, 0.5) is 0 Å². The van der Waals surface area contributed by atoms with Crippen LogP contribution >= 0.6 is 0 Å². The topological polar surface area (TPSA) is 47.0 Å². The van der Waals surface area contributed by atoms with Gasteiger partial charge in [0.1, 0.15) is 0 Å². The molecule has 0 aliphatic carbocycles. The third kappa shape index (κ3) is 5.80. The zero-order valence-electron chi connectivity index (χ0n) is 11.9. The number of likely N-dealkylation sites (N-methyl/N-ethyl adjacent to an activating group) is 1. The summed E-state index contributed by atoms with van der Waals surface area (Å²) in [4.78, 5) is 17.4. The lowest BCUT2D eigenvalue weighted by atomic mass is 10.0. The Balaban J connectivity index is 2.29. The van der Waals surface area contributed by atoms with Gasteiger partial charge in [-0.15, -0.1) is 0 Å². The van der Waals surface area contributed by atoms with Gasteiger partial charge in [0.15, 0.2) is 0 Å². The van der Waals surface area contributed by atoms with Gasteiger partial charge in [-0.1, -0.05) is 0 Å². The predicted octanol–water partition coefficient (Wildman–Crippen LogP) is 0.419. The van der Waals surface area contributed by atoms with E-state index in [1.54, 1.807) is 0 Å². The Morgan fingerprint density at radius 2 is 2.11 bits per heavy atom. The Morgan fingerprint density at radius 1 is 1.39 bits per heavy atom. The molecule has 1 saturated heterocycles. The van der Waals surface area contributed by atoms with E-state index in [2.05, 4.69) is 23.9 Å². The summed E-state index contributed by atoms with van der Waals surface area (Å²) >= 11 is 0. The van der Waals surface area contributed by atoms with Crippen molar-refractivity contribution in [3.05, 3.63) is 0 Å². The lowest BCUT2D eigenvalue weighted by Crippen LogP contribution is -2.48. The van der Waals surface area contributed by atoms with Crippen LogP contribution in [-0.4, -0.2) is 85.7 Å². The van der Waals surface area contributed by atoms with Gasteiger partial charge in [-0.3, -0.25) is 9.69 Å². The Kier molecular flexibility index (Phi) is 6.60. The van der Waals surface area contributed by atoms with E-state index in [-0.39, 0.29) is 6.54 Å². The van der Waals surface area contributed by atoms with E-state index >= 15 is 0 Å². The minimum Gasteiger partial charge on any atom is -0.480 e. The molecule has 18 heavy (non-hydrogen) atoms. The number of nitrogens with zero attached hydrogens (tertiary/aromatic N) is 3. The van der Waals surface area contributed by atoms with Crippen molar-refractivity contribution < 1.29 is 9.90 Å². The molecule has 1 rings (SSSR count). The summed E-state index contributed by atoms with van der Waals surface area (Å²) in [5.74, 6) is -0.734. The number of hydrogen-bond donors (Lipinski definition) is 1. The van der Waals surface area contributed by atoms with E-state index in [0.717, 1.165) is 32.6 Å². The molecule has 1 unspecified atom stereocenters. The van der Waals surface area contributed by atoms with Crippen LogP contribution in [0.25, 0.3) is 0 Å². The second-order valence-corrected chi connectivity index (χ2v) is 5.56. The number of hydrogen-bond acceptors (Lipinski definition) is 4. The monoisotopic (exact) mass is 257 g/mol. The molecule has 1 atom stereocenters. The number of carboxylic acids is 1. The number of rotatable bonds is 7. The molecular weight excluding hydrogens is 230 g/mol. The number of carbonyl (C=O) groups is 1. The molecule has 1 N–H and O–H groups in total. The summed E-state index contributed by atoms with van der Waals surface area (Å²) in [7, 11) is 6.11. The zero-order valence-corrected chi connectivity index (χ0v) is 11.9. The van der Waals surface area contributed by atoms with Gasteiger partial charge in [-0.2, -0.15) is 0 Å². The second kappa shape index (κ2) is 7.71. The van der Waals surface area contributed by atoms with Crippen molar-refractivity contribution in [1.82, 2.24) is 14.7 Å². The molecule has 106 valence electrons. The number of likely N-dealkylation sites (tertiary alicyclic amines) is 1. The molecule has 5 heteroatoms. The smallest absolute Gasteiger partial charge is 0.317 e. The van der Waals surface area contributed by atoms with Gasteiger partial charge >= 0.3 is 5.97 Å². The molecule has 0 saturated carbocycles. The normalized spacial score (nSPS) is 21.7. The summed E-state index contributed by atoms with van der Waals surface area (Å²) in [6.45, 7) is 4.56. The molecule has 1 aliphatic heterocycles. The van der Waals surface area contributed by atoms with Gasteiger partial charge in [-0.25, -0.2) is 0 Å². The van der Waals surface area contributed by atoms with Crippen LogP contribution in [-0.2, 0) is 4.79 Å². The van der Waals surface area contributed by atoms with Gasteiger partial charge in [0, 0.05) is 12.6 Å². The Hall–Kier alpha value is -0.650. The van der Waals surface area contributed by atoms with Gasteiger partial charge < -0.3 is 14.9 Å². The summed E-state index contributed by atoms with van der Waals surface area (Å²) in [6, 6.07) is 0.397. The molecule has 5 nitrogen and oxygen atoms in total. The van der Waals surface area contributed by atoms with Crippen LogP contribution in [0.1, 0.15) is 19.3 Å². The van der Waals surface area contributed by atoms with E-state index in [0.29, 0.717) is 6.04 Å². The highest BCUT2D eigenvalue weighted by Crippen LogP contribution is 2.14. The fraction of sp³-hybridized carbons (Fsp3) is 0.923. The first-order valence-corrected chi connectivity index (χ1v) is 6.78. The van der Waals surface area contributed by atoms with Crippen LogP contribution in [0.15, 0.2) is 0 Å². The highest BCUT2D eigenvalue weighted by atomic mass is 16.4. The molecule has 0 bridgehead atoms. The fourth-order valence-corrected chi connectivity index (χ4v) is 2.55. The fourth-order valence-electron chi connectivity index (χ4n) is 2.55. The molecule has 0 spiro atoms. The maximum Gasteiger partial charge on any atom is 0.317 e. The maximum absolute atomic E-state index is 10.7. The van der Waals surface area contributed by atoms with Crippen LogP contribution in [0.5, 0.6) is 0 Å². The van der Waals surface area contributed by atoms with Gasteiger partial charge in [0.2, 0.25) is 0 Å². The van der Waals surface area contributed by atoms with Crippen LogP contribution in [0.2, 0.25) is 0 Å². The highest BCUT2D eigenvalue weighted by molar-refractivity contribution is 5.69. The summed E-state index contributed by atoms with van der Waals surface area (Å²) in [5, 5.41) is 8.82. The maximum atomic E-state index is 10.7. The standard InChI is InChI=1S/C13H27N3O2/c1-14(2)7-5-9-16-8-4-6-12(10-16)15(3)11-13(17)18/h12H,4-11H2,1-3H3,(H,17,18). The SMILES string of the molecule is CN(C)CCCN1CCCC(N(C)CC(=O)O)C1. The third-order valence-corrected chi connectivity index (χ3v) is 3.57. The van der Waals surface area contributed by atoms with Crippen LogP contribution in [0, 0.1) is 0 Å². The predicted molar refractivity (Wildman–Crippen MR) is 72.9 cm³/mol. The van der Waals surface area contributed by atoms with Gasteiger partial charge in [0.25, 0.3) is 0 Å². The second-order valence-electron chi connectivity index (χ2n) is 5.56. The third-order valence-electron chi connectivity index (χ3n) is 3.57. The van der Waals surface area contributed by atoms with E-state index in [1.165, 1.54) is 12.8 Å². The zero-order chi connectivity index (χ0) is 13.5. The van der Waals surface area contributed by atoms with Crippen molar-refractivity contribution in [2.75, 3.05) is 53.9 Å². The lowest BCUT2D eigenvalue weighted by molar-refractivity contribution is -0.138. The molecule has 1 heterocycles. The van der Waals surface area contributed by atoms with Gasteiger partial charge in [-0.05, 0) is 60.0 Å². The van der Waals surface area contributed by atoms with E-state index in [4.69, 9.17) is 5.11 Å². The first-order chi connectivity index (χ1) is 8.49. The van der Waals surface area contributed by atoms with E-state index in [1.807, 2.05) is 11.9 Å². The van der Waals surface area contributed by atoms with E-state index in [9.17, 15) is 4.79 Å². The molecule has 0 amide bonds. The molecular formula is C13H27N3O2. The molecule has 0 aromatic heterocycles. The minimum absolute atomic E-state index is 0.149. The van der Waals surface area contributed by atoms with Crippen LogP contribution < -0.4 is 0 Å². The van der Waals surface area contributed by atoms with Crippen molar-refractivity contribution in [3.63, 3.8) is 0 Å². The van der Waals surface area contributed by atoms with Crippen LogP contribution in [0.3, 0.4) is 0 Å². The summed E-state index contributed by atoms with van der Waals surface area (Å²) in [6.07, 6.45) is 3.48. The number of carboxylic acid groups (broad SMARTS) is 1. The molecule has 0 aromatic rings. The minimum atomic E-state index is -0.734. The average Bonchev–Trinajstić information content (AvgIpc) is 2.28. The average molecular weight is 257 g/mol. The molecule has 1 aliphatic rings. The largest absolute Gasteiger partial charge is 0.480 e. The first-order valence-electron chi connectivity index (χ1n) is 6.78.